The van der Waals surface area contributed by atoms with Gasteiger partial charge in [-0.2, -0.15) is 0 Å². The molecular formula is C16H14ClNO3. The zero-order valence-electron chi connectivity index (χ0n) is 11.3. The Labute approximate surface area is 127 Å². The van der Waals surface area contributed by atoms with E-state index in [2.05, 4.69) is 4.98 Å². The first-order valence-electron chi connectivity index (χ1n) is 6.75. The normalized spacial score (nSPS) is 14.0. The average molecular weight is 304 g/mol. The molecule has 1 aliphatic rings. The summed E-state index contributed by atoms with van der Waals surface area (Å²) in [6, 6.07) is 8.76. The molecule has 0 bridgehead atoms. The first-order valence-corrected chi connectivity index (χ1v) is 7.13. The smallest absolute Gasteiger partial charge is 0.337 e. The molecule has 0 radical (unpaired) electrons. The fourth-order valence-electron chi connectivity index (χ4n) is 2.00. The van der Waals surface area contributed by atoms with Gasteiger partial charge in [0.25, 0.3) is 0 Å². The monoisotopic (exact) mass is 303 g/mol. The first-order chi connectivity index (χ1) is 10.1. The molecule has 0 aliphatic heterocycles. The van der Waals surface area contributed by atoms with Crippen molar-refractivity contribution in [2.45, 2.75) is 12.8 Å². The molecule has 4 nitrogen and oxygen atoms in total. The van der Waals surface area contributed by atoms with Gasteiger partial charge in [0.15, 0.2) is 0 Å². The lowest BCUT2D eigenvalue weighted by Gasteiger charge is -2.11. The summed E-state index contributed by atoms with van der Waals surface area (Å²) in [5.74, 6) is 0.0599. The van der Waals surface area contributed by atoms with E-state index in [1.165, 1.54) is 19.0 Å². The standard InChI is InChI=1S/C16H14ClNO3/c17-13-5-3-11(4-6-13)14-7-12(16(19)20)8-18-15(14)21-9-10-1-2-10/h3-8,10H,1-2,9H2,(H,19,20). The molecule has 0 amide bonds. The summed E-state index contributed by atoms with van der Waals surface area (Å²) in [5, 5.41) is 9.74. The number of aromatic nitrogens is 1. The lowest BCUT2D eigenvalue weighted by molar-refractivity contribution is 0.0696. The Morgan fingerprint density at radius 3 is 2.67 bits per heavy atom. The molecule has 21 heavy (non-hydrogen) atoms. The molecule has 5 heteroatoms. The Morgan fingerprint density at radius 1 is 1.33 bits per heavy atom. The number of carboxylic acids is 1. The van der Waals surface area contributed by atoms with Crippen LogP contribution in [0.1, 0.15) is 23.2 Å². The molecular weight excluding hydrogens is 290 g/mol. The third-order valence-electron chi connectivity index (χ3n) is 3.41. The fraction of sp³-hybridized carbons (Fsp3) is 0.250. The van der Waals surface area contributed by atoms with Crippen LogP contribution in [0.25, 0.3) is 11.1 Å². The SMILES string of the molecule is O=C(O)c1cnc(OCC2CC2)c(-c2ccc(Cl)cc2)c1. The van der Waals surface area contributed by atoms with E-state index in [1.807, 2.05) is 12.1 Å². The van der Waals surface area contributed by atoms with Crippen LogP contribution in [-0.4, -0.2) is 22.7 Å². The number of halogens is 1. The van der Waals surface area contributed by atoms with Crippen molar-refractivity contribution in [3.8, 4) is 17.0 Å². The van der Waals surface area contributed by atoms with E-state index in [1.54, 1.807) is 18.2 Å². The fourth-order valence-corrected chi connectivity index (χ4v) is 2.13. The third-order valence-corrected chi connectivity index (χ3v) is 3.66. The summed E-state index contributed by atoms with van der Waals surface area (Å²) in [6.45, 7) is 0.625. The molecule has 1 fully saturated rings. The van der Waals surface area contributed by atoms with Crippen LogP contribution in [0.4, 0.5) is 0 Å². The highest BCUT2D eigenvalue weighted by atomic mass is 35.5. The van der Waals surface area contributed by atoms with Crippen LogP contribution in [0.5, 0.6) is 5.88 Å². The van der Waals surface area contributed by atoms with E-state index >= 15 is 0 Å². The Balaban J connectivity index is 1.97. The third kappa shape index (κ3) is 3.34. The zero-order chi connectivity index (χ0) is 14.8. The number of pyridine rings is 1. The number of nitrogens with zero attached hydrogens (tertiary/aromatic N) is 1. The number of carboxylic acid groups (broad SMARTS) is 1. The van der Waals surface area contributed by atoms with Crippen LogP contribution in [0, 0.1) is 5.92 Å². The van der Waals surface area contributed by atoms with Crippen LogP contribution in [-0.2, 0) is 0 Å². The molecule has 108 valence electrons. The van der Waals surface area contributed by atoms with Gasteiger partial charge in [0.1, 0.15) is 0 Å². The van der Waals surface area contributed by atoms with Gasteiger partial charge in [0, 0.05) is 16.8 Å². The highest BCUT2D eigenvalue weighted by Crippen LogP contribution is 2.33. The molecule has 1 heterocycles. The second-order valence-electron chi connectivity index (χ2n) is 5.14. The van der Waals surface area contributed by atoms with Gasteiger partial charge in [0.2, 0.25) is 5.88 Å². The zero-order valence-corrected chi connectivity index (χ0v) is 12.0. The van der Waals surface area contributed by atoms with Crippen LogP contribution in [0.15, 0.2) is 36.5 Å². The molecule has 1 saturated carbocycles. The van der Waals surface area contributed by atoms with E-state index in [0.717, 1.165) is 5.56 Å². The van der Waals surface area contributed by atoms with Crippen molar-refractivity contribution >= 4 is 17.6 Å². The summed E-state index contributed by atoms with van der Waals surface area (Å²) in [4.78, 5) is 15.3. The molecule has 3 rings (SSSR count). The molecule has 0 saturated heterocycles. The molecule has 0 atom stereocenters. The molecule has 1 aliphatic carbocycles. The number of hydrogen-bond acceptors (Lipinski definition) is 3. The average Bonchev–Trinajstić information content (AvgIpc) is 3.30. The Kier molecular flexibility index (Phi) is 3.80. The number of rotatable bonds is 5. The van der Waals surface area contributed by atoms with E-state index < -0.39 is 5.97 Å². The van der Waals surface area contributed by atoms with E-state index in [9.17, 15) is 4.79 Å². The van der Waals surface area contributed by atoms with Gasteiger partial charge < -0.3 is 9.84 Å². The van der Waals surface area contributed by atoms with Crippen molar-refractivity contribution < 1.29 is 14.6 Å². The van der Waals surface area contributed by atoms with Crippen molar-refractivity contribution in [2.24, 2.45) is 5.92 Å². The van der Waals surface area contributed by atoms with Crippen molar-refractivity contribution in [3.05, 3.63) is 47.1 Å². The maximum Gasteiger partial charge on any atom is 0.337 e. The second-order valence-corrected chi connectivity index (χ2v) is 5.58. The molecule has 0 spiro atoms. The van der Waals surface area contributed by atoms with Gasteiger partial charge in [-0.25, -0.2) is 9.78 Å². The predicted octanol–water partition coefficient (Wildman–Crippen LogP) is 3.89. The van der Waals surface area contributed by atoms with Crippen molar-refractivity contribution in [1.29, 1.82) is 0 Å². The van der Waals surface area contributed by atoms with Crippen LogP contribution in [0.3, 0.4) is 0 Å². The van der Waals surface area contributed by atoms with Crippen molar-refractivity contribution in [3.63, 3.8) is 0 Å². The Hall–Kier alpha value is -2.07. The van der Waals surface area contributed by atoms with E-state index in [0.29, 0.717) is 29.0 Å². The van der Waals surface area contributed by atoms with E-state index in [-0.39, 0.29) is 5.56 Å². The van der Waals surface area contributed by atoms with Gasteiger partial charge in [0.05, 0.1) is 12.2 Å². The van der Waals surface area contributed by atoms with Crippen molar-refractivity contribution in [1.82, 2.24) is 4.98 Å². The number of benzene rings is 1. The van der Waals surface area contributed by atoms with Gasteiger partial charge in [-0.1, -0.05) is 23.7 Å². The van der Waals surface area contributed by atoms with Gasteiger partial charge >= 0.3 is 5.97 Å². The minimum atomic E-state index is -1.01. The molecule has 1 aromatic heterocycles. The first kappa shape index (κ1) is 13.9. The molecule has 0 unspecified atom stereocenters. The summed E-state index contributed by atoms with van der Waals surface area (Å²) in [6.07, 6.45) is 3.69. The summed E-state index contributed by atoms with van der Waals surface area (Å²) in [7, 11) is 0. The lowest BCUT2D eigenvalue weighted by Crippen LogP contribution is -2.05. The lowest BCUT2D eigenvalue weighted by atomic mass is 10.1. The number of ether oxygens (including phenoxy) is 1. The minimum Gasteiger partial charge on any atom is -0.478 e. The largest absolute Gasteiger partial charge is 0.478 e. The van der Waals surface area contributed by atoms with Gasteiger partial charge in [-0.15, -0.1) is 0 Å². The van der Waals surface area contributed by atoms with Crippen LogP contribution >= 0.6 is 11.6 Å². The summed E-state index contributed by atoms with van der Waals surface area (Å²) < 4.78 is 5.74. The minimum absolute atomic E-state index is 0.138. The molecule has 1 aromatic carbocycles. The topological polar surface area (TPSA) is 59.4 Å². The number of hydrogen-bond donors (Lipinski definition) is 1. The summed E-state index contributed by atoms with van der Waals surface area (Å²) in [5.41, 5.74) is 1.65. The second kappa shape index (κ2) is 5.74. The number of carbonyl (C=O) groups is 1. The highest BCUT2D eigenvalue weighted by molar-refractivity contribution is 6.30. The Bertz CT molecular complexity index is 666. The predicted molar refractivity (Wildman–Crippen MR) is 79.9 cm³/mol. The number of aromatic carboxylic acids is 1. The maximum atomic E-state index is 11.1. The van der Waals surface area contributed by atoms with Crippen molar-refractivity contribution in [2.75, 3.05) is 6.61 Å². The Morgan fingerprint density at radius 2 is 2.05 bits per heavy atom. The van der Waals surface area contributed by atoms with E-state index in [4.69, 9.17) is 21.4 Å². The summed E-state index contributed by atoms with van der Waals surface area (Å²) >= 11 is 5.89. The molecule has 1 N–H and O–H groups in total. The van der Waals surface area contributed by atoms with Crippen LogP contribution in [0.2, 0.25) is 5.02 Å². The van der Waals surface area contributed by atoms with Crippen LogP contribution < -0.4 is 4.74 Å². The van der Waals surface area contributed by atoms with Gasteiger partial charge in [-0.3, -0.25) is 0 Å². The quantitative estimate of drug-likeness (QED) is 0.910. The highest BCUT2D eigenvalue weighted by Gasteiger charge is 2.23. The maximum absolute atomic E-state index is 11.1. The molecule has 2 aromatic rings. The van der Waals surface area contributed by atoms with Gasteiger partial charge in [-0.05, 0) is 42.5 Å².